The first-order valence-electron chi connectivity index (χ1n) is 1.40. The molecule has 0 atom stereocenters. The van der Waals surface area contributed by atoms with Gasteiger partial charge in [0.25, 0.3) is 0 Å². The van der Waals surface area contributed by atoms with Crippen LogP contribution < -0.4 is 0 Å². The molecule has 3 N–H and O–H groups in total. The molecule has 10 heteroatoms. The standard InChI is InChI=1S/CH3O6P.3K.3H/c2-1(3)7-8(4,5)6;;;;;;/h(H,2,3)(H2,4,5,6);;;;;;. The number of carboxylic acid groups (broad SMARTS) is 1. The van der Waals surface area contributed by atoms with Gasteiger partial charge in [-0.2, -0.15) is 0 Å². The molecule has 0 unspecified atom stereocenters. The second-order valence-electron chi connectivity index (χ2n) is 0.848. The van der Waals surface area contributed by atoms with Crippen molar-refractivity contribution in [2.75, 3.05) is 0 Å². The van der Waals surface area contributed by atoms with E-state index in [2.05, 4.69) is 4.52 Å². The fourth-order valence-electron chi connectivity index (χ4n) is 0.102. The molecule has 0 rings (SSSR count). The minimum absolute atomic E-state index is 0. The van der Waals surface area contributed by atoms with Crippen LogP contribution in [0.15, 0.2) is 0 Å². The summed E-state index contributed by atoms with van der Waals surface area (Å²) in [4.78, 5) is 24.7. The van der Waals surface area contributed by atoms with Gasteiger partial charge in [-0.15, -0.1) is 0 Å². The van der Waals surface area contributed by atoms with Gasteiger partial charge in [0.05, 0.1) is 0 Å². The molecule has 0 aromatic heterocycles. The molecule has 6 nitrogen and oxygen atoms in total. The van der Waals surface area contributed by atoms with Gasteiger partial charge in [0.15, 0.2) is 0 Å². The molecule has 0 amide bonds. The van der Waals surface area contributed by atoms with Crippen LogP contribution in [-0.4, -0.2) is 175 Å². The summed E-state index contributed by atoms with van der Waals surface area (Å²) in [6, 6.07) is 0. The van der Waals surface area contributed by atoms with Crippen molar-refractivity contribution in [3.63, 3.8) is 0 Å². The monoisotopic (exact) mass is 262 g/mol. The molecule has 0 aromatic rings. The molecule has 0 saturated carbocycles. The van der Waals surface area contributed by atoms with Crippen LogP contribution in [0.1, 0.15) is 0 Å². The van der Waals surface area contributed by atoms with Crippen molar-refractivity contribution < 1.29 is 28.8 Å². The van der Waals surface area contributed by atoms with E-state index in [4.69, 9.17) is 14.9 Å². The summed E-state index contributed by atoms with van der Waals surface area (Å²) >= 11 is 0. The normalized spacial score (nSPS) is 7.82. The van der Waals surface area contributed by atoms with Gasteiger partial charge in [-0.25, -0.2) is 9.36 Å². The van der Waals surface area contributed by atoms with E-state index in [1.54, 1.807) is 0 Å². The molecule has 54 valence electrons. The second kappa shape index (κ2) is 12.4. The Morgan fingerprint density at radius 1 is 1.18 bits per heavy atom. The average molecular weight is 262 g/mol. The van der Waals surface area contributed by atoms with Crippen LogP contribution in [0.25, 0.3) is 0 Å². The van der Waals surface area contributed by atoms with Crippen LogP contribution in [0, 0.1) is 0 Å². The van der Waals surface area contributed by atoms with E-state index in [1.165, 1.54) is 0 Å². The van der Waals surface area contributed by atoms with E-state index in [0.29, 0.717) is 0 Å². The van der Waals surface area contributed by atoms with Gasteiger partial charge in [0.2, 0.25) is 0 Å². The third-order valence-electron chi connectivity index (χ3n) is 0.197. The summed E-state index contributed by atoms with van der Waals surface area (Å²) in [6.07, 6.45) is -1.99. The van der Waals surface area contributed by atoms with E-state index in [0.717, 1.165) is 0 Å². The Morgan fingerprint density at radius 2 is 1.45 bits per heavy atom. The summed E-state index contributed by atoms with van der Waals surface area (Å²) < 4.78 is 12.6. The maximum absolute atomic E-state index is 9.53. The van der Waals surface area contributed by atoms with Crippen LogP contribution in [0.2, 0.25) is 0 Å². The number of carbonyl (C=O) groups is 1. The summed E-state index contributed by atoms with van der Waals surface area (Å²) in [5.41, 5.74) is 0. The first-order valence-corrected chi connectivity index (χ1v) is 2.93. The van der Waals surface area contributed by atoms with Crippen LogP contribution in [0.3, 0.4) is 0 Å². The first-order chi connectivity index (χ1) is 3.42. The van der Waals surface area contributed by atoms with Crippen molar-refractivity contribution >= 4 is 168 Å². The van der Waals surface area contributed by atoms with E-state index in [-0.39, 0.29) is 154 Å². The molecule has 0 spiro atoms. The minimum atomic E-state index is -4.82. The van der Waals surface area contributed by atoms with Crippen LogP contribution >= 0.6 is 7.82 Å². The van der Waals surface area contributed by atoms with Crippen LogP contribution in [-0.2, 0) is 9.09 Å². The van der Waals surface area contributed by atoms with Crippen molar-refractivity contribution in [1.82, 2.24) is 0 Å². The average Bonchev–Trinajstić information content (AvgIpc) is 1.21. The second-order valence-corrected chi connectivity index (χ2v) is 2.01. The molecule has 11 heavy (non-hydrogen) atoms. The quantitative estimate of drug-likeness (QED) is 0.367. The molecule has 0 saturated heterocycles. The van der Waals surface area contributed by atoms with Gasteiger partial charge in [-0.3, -0.25) is 9.79 Å². The number of hydrogen-bond acceptors (Lipinski definition) is 3. The predicted molar refractivity (Wildman–Crippen MR) is 42.6 cm³/mol. The van der Waals surface area contributed by atoms with E-state index >= 15 is 0 Å². The van der Waals surface area contributed by atoms with Crippen LogP contribution in [0.4, 0.5) is 4.79 Å². The molecular formula is CH6K3O6P. The van der Waals surface area contributed by atoms with Crippen molar-refractivity contribution in [2.24, 2.45) is 0 Å². The zero-order valence-corrected chi connectivity index (χ0v) is 4.41. The Kier molecular flexibility index (Phi) is 27.6. The fraction of sp³-hybridized carbons (Fsp3) is 0. The molecule has 0 bridgehead atoms. The third kappa shape index (κ3) is 25.0. The zero-order valence-electron chi connectivity index (χ0n) is 3.51. The van der Waals surface area contributed by atoms with Gasteiger partial charge in [0.1, 0.15) is 0 Å². The van der Waals surface area contributed by atoms with E-state index in [1.807, 2.05) is 0 Å². The van der Waals surface area contributed by atoms with E-state index in [9.17, 15) is 9.36 Å². The maximum atomic E-state index is 9.53. The number of phosphoric ester groups is 1. The zero-order chi connectivity index (χ0) is 6.78. The van der Waals surface area contributed by atoms with Crippen molar-refractivity contribution in [3.8, 4) is 0 Å². The molecule has 0 radical (unpaired) electrons. The van der Waals surface area contributed by atoms with Crippen molar-refractivity contribution in [3.05, 3.63) is 0 Å². The molecule has 0 aliphatic heterocycles. The van der Waals surface area contributed by atoms with Gasteiger partial charge in [0, 0.05) is 0 Å². The fourth-order valence-corrected chi connectivity index (χ4v) is 0.305. The Labute approximate surface area is 191 Å². The van der Waals surface area contributed by atoms with Crippen molar-refractivity contribution in [1.29, 1.82) is 0 Å². The van der Waals surface area contributed by atoms with E-state index < -0.39 is 14.0 Å². The first kappa shape index (κ1) is 24.5. The molecule has 0 aliphatic carbocycles. The third-order valence-corrected chi connectivity index (χ3v) is 0.591. The van der Waals surface area contributed by atoms with Crippen LogP contribution in [0.5, 0.6) is 0 Å². The summed E-state index contributed by atoms with van der Waals surface area (Å²) in [7, 11) is -4.82. The van der Waals surface area contributed by atoms with Gasteiger partial charge in [-0.05, 0) is 0 Å². The number of hydrogen-bond donors (Lipinski definition) is 3. The SMILES string of the molecule is O=C(O)OP(=O)(O)O.[KH].[KH].[KH]. The molecular weight excluding hydrogens is 256 g/mol. The predicted octanol–water partition coefficient (Wildman–Crippen LogP) is -2.17. The summed E-state index contributed by atoms with van der Waals surface area (Å²) in [6.45, 7) is 0. The van der Waals surface area contributed by atoms with Gasteiger partial charge in [-0.1, -0.05) is 0 Å². The summed E-state index contributed by atoms with van der Waals surface area (Å²) in [5, 5.41) is 7.53. The number of rotatable bonds is 1. The Hall–Kier alpha value is 4.33. The van der Waals surface area contributed by atoms with Gasteiger partial charge < -0.3 is 9.63 Å². The Morgan fingerprint density at radius 3 is 1.45 bits per heavy atom. The molecule has 0 aromatic carbocycles. The molecule has 0 heterocycles. The molecule has 0 fully saturated rings. The number of phosphoric acid groups is 1. The van der Waals surface area contributed by atoms with Crippen molar-refractivity contribution in [2.45, 2.75) is 0 Å². The topological polar surface area (TPSA) is 104 Å². The Bertz CT molecular complexity index is 141. The Balaban J connectivity index is -0.0000000817. The molecule has 0 aliphatic rings. The summed E-state index contributed by atoms with van der Waals surface area (Å²) in [5.74, 6) is 0. The van der Waals surface area contributed by atoms with Gasteiger partial charge >= 0.3 is 168 Å².